The van der Waals surface area contributed by atoms with Crippen molar-refractivity contribution in [3.05, 3.63) is 65.6 Å². The highest BCUT2D eigenvalue weighted by molar-refractivity contribution is 6.11. The maximum Gasteiger partial charge on any atom is 0.220 e. The number of aliphatic hydroxyl groups is 1. The Hall–Kier alpha value is -2.70. The Labute approximate surface area is 137 Å². The first-order chi connectivity index (χ1) is 11.6. The van der Waals surface area contributed by atoms with Gasteiger partial charge in [0.1, 0.15) is 18.2 Å². The summed E-state index contributed by atoms with van der Waals surface area (Å²) in [4.78, 5) is 15.0. The second kappa shape index (κ2) is 6.82. The van der Waals surface area contributed by atoms with Gasteiger partial charge in [0, 0.05) is 19.4 Å². The van der Waals surface area contributed by atoms with E-state index in [1.165, 1.54) is 25.4 Å². The molecule has 1 atom stereocenters. The number of aromatic amines is 1. The normalized spacial score (nSPS) is 12.3. The summed E-state index contributed by atoms with van der Waals surface area (Å²) >= 11 is 0. The van der Waals surface area contributed by atoms with Crippen LogP contribution in [0.1, 0.15) is 15.9 Å². The first kappa shape index (κ1) is 16.2. The lowest BCUT2D eigenvalue weighted by atomic mass is 10.1. The van der Waals surface area contributed by atoms with Gasteiger partial charge < -0.3 is 19.6 Å². The summed E-state index contributed by atoms with van der Waals surface area (Å²) in [6, 6.07) is 11.9. The molecule has 0 radical (unpaired) electrons. The first-order valence-corrected chi connectivity index (χ1v) is 7.32. The fraction of sp³-hybridized carbons (Fsp3) is 0.167. The largest absolute Gasteiger partial charge is 0.488 e. The van der Waals surface area contributed by atoms with Crippen molar-refractivity contribution in [2.24, 2.45) is 0 Å². The molecule has 3 aromatic rings. The predicted molar refractivity (Wildman–Crippen MR) is 86.4 cm³/mol. The molecule has 3 rings (SSSR count). The van der Waals surface area contributed by atoms with Crippen molar-refractivity contribution in [2.75, 3.05) is 7.11 Å². The molecular weight excluding hydrogens is 313 g/mol. The molecule has 0 saturated heterocycles. The van der Waals surface area contributed by atoms with Crippen LogP contribution in [0, 0.1) is 5.82 Å². The van der Waals surface area contributed by atoms with E-state index in [0.717, 1.165) is 5.56 Å². The third-order valence-corrected chi connectivity index (χ3v) is 3.66. The third-order valence-electron chi connectivity index (χ3n) is 3.66. The summed E-state index contributed by atoms with van der Waals surface area (Å²) < 4.78 is 24.2. The number of ether oxygens (including phenoxy) is 2. The average molecular weight is 329 g/mol. The fourth-order valence-corrected chi connectivity index (χ4v) is 2.48. The van der Waals surface area contributed by atoms with Gasteiger partial charge in [-0.25, -0.2) is 4.39 Å². The van der Waals surface area contributed by atoms with Gasteiger partial charge in [-0.05, 0) is 11.6 Å². The smallest absolute Gasteiger partial charge is 0.220 e. The molecule has 0 aliphatic heterocycles. The number of carbonyl (C=O) groups is 1. The Kier molecular flexibility index (Phi) is 4.59. The minimum absolute atomic E-state index is 0.183. The summed E-state index contributed by atoms with van der Waals surface area (Å²) in [6.07, 6.45) is -0.180. The highest BCUT2D eigenvalue weighted by Crippen LogP contribution is 2.31. The molecule has 2 aromatic carbocycles. The zero-order chi connectivity index (χ0) is 17.1. The summed E-state index contributed by atoms with van der Waals surface area (Å²) in [5.41, 5.74) is 1.50. The number of Topliss-reactive ketones (excluding diaryl/α,β-unsaturated/α-hetero) is 1. The molecule has 124 valence electrons. The number of halogens is 1. The fourth-order valence-electron chi connectivity index (χ4n) is 2.48. The van der Waals surface area contributed by atoms with Gasteiger partial charge >= 0.3 is 0 Å². The van der Waals surface area contributed by atoms with E-state index < -0.39 is 17.9 Å². The molecule has 2 N–H and O–H groups in total. The second-order valence-corrected chi connectivity index (χ2v) is 5.26. The van der Waals surface area contributed by atoms with Gasteiger partial charge in [0.05, 0.1) is 16.5 Å². The molecule has 0 amide bonds. The highest BCUT2D eigenvalue weighted by Gasteiger charge is 2.23. The van der Waals surface area contributed by atoms with Gasteiger partial charge in [0.2, 0.25) is 12.1 Å². The number of benzene rings is 2. The standard InChI is InChI=1S/C18H16FNO4/c1-23-18(22)17(21)13-9-20-14-7-12(19)8-15(16(13)14)24-10-11-5-3-2-4-6-11/h2-9,18,20,22H,10H2,1H3. The van der Waals surface area contributed by atoms with E-state index in [-0.39, 0.29) is 17.9 Å². The van der Waals surface area contributed by atoms with Crippen molar-refractivity contribution >= 4 is 16.7 Å². The van der Waals surface area contributed by atoms with Crippen LogP contribution < -0.4 is 4.74 Å². The Morgan fingerprint density at radius 3 is 2.75 bits per heavy atom. The monoisotopic (exact) mass is 329 g/mol. The van der Waals surface area contributed by atoms with E-state index in [1.807, 2.05) is 30.3 Å². The number of methoxy groups -OCH3 is 1. The molecule has 0 spiro atoms. The highest BCUT2D eigenvalue weighted by atomic mass is 19.1. The molecule has 1 aromatic heterocycles. The van der Waals surface area contributed by atoms with Crippen LogP contribution in [0.2, 0.25) is 0 Å². The number of H-pyrrole nitrogens is 1. The van der Waals surface area contributed by atoms with Crippen LogP contribution in [0.5, 0.6) is 5.75 Å². The lowest BCUT2D eigenvalue weighted by Gasteiger charge is -2.11. The van der Waals surface area contributed by atoms with Crippen molar-refractivity contribution < 1.29 is 23.8 Å². The number of hydrogen-bond acceptors (Lipinski definition) is 4. The topological polar surface area (TPSA) is 71.5 Å². The lowest BCUT2D eigenvalue weighted by molar-refractivity contribution is -0.0482. The third kappa shape index (κ3) is 3.15. The Morgan fingerprint density at radius 2 is 2.04 bits per heavy atom. The number of aliphatic hydroxyl groups excluding tert-OH is 1. The molecule has 0 saturated carbocycles. The lowest BCUT2D eigenvalue weighted by Crippen LogP contribution is -2.22. The van der Waals surface area contributed by atoms with Gasteiger partial charge in [-0.2, -0.15) is 0 Å². The molecule has 0 aliphatic rings. The van der Waals surface area contributed by atoms with Gasteiger partial charge in [0.15, 0.2) is 0 Å². The summed E-state index contributed by atoms with van der Waals surface area (Å²) in [6.45, 7) is 0.227. The molecule has 5 nitrogen and oxygen atoms in total. The van der Waals surface area contributed by atoms with Crippen LogP contribution in [0.4, 0.5) is 4.39 Å². The predicted octanol–water partition coefficient (Wildman–Crippen LogP) is 3.03. The van der Waals surface area contributed by atoms with E-state index >= 15 is 0 Å². The van der Waals surface area contributed by atoms with E-state index in [2.05, 4.69) is 9.72 Å². The van der Waals surface area contributed by atoms with Crippen LogP contribution in [-0.4, -0.2) is 29.3 Å². The van der Waals surface area contributed by atoms with E-state index in [9.17, 15) is 14.3 Å². The molecule has 1 heterocycles. The maximum absolute atomic E-state index is 13.8. The number of nitrogens with one attached hydrogen (secondary N) is 1. The summed E-state index contributed by atoms with van der Waals surface area (Å²) in [7, 11) is 1.23. The molecule has 0 fully saturated rings. The summed E-state index contributed by atoms with van der Waals surface area (Å²) in [5, 5.41) is 10.0. The van der Waals surface area contributed by atoms with Gasteiger partial charge in [-0.1, -0.05) is 30.3 Å². The van der Waals surface area contributed by atoms with E-state index in [4.69, 9.17) is 4.74 Å². The number of fused-ring (bicyclic) bond motifs is 1. The van der Waals surface area contributed by atoms with Crippen molar-refractivity contribution in [3.8, 4) is 5.75 Å². The minimum Gasteiger partial charge on any atom is -0.488 e. The first-order valence-electron chi connectivity index (χ1n) is 7.32. The second-order valence-electron chi connectivity index (χ2n) is 5.26. The SMILES string of the molecule is COC(O)C(=O)c1c[nH]c2cc(F)cc(OCc3ccccc3)c12. The molecule has 0 bridgehead atoms. The van der Waals surface area contributed by atoms with Crippen LogP contribution >= 0.6 is 0 Å². The Morgan fingerprint density at radius 1 is 1.29 bits per heavy atom. The number of hydrogen-bond donors (Lipinski definition) is 2. The zero-order valence-corrected chi connectivity index (χ0v) is 13.0. The quantitative estimate of drug-likeness (QED) is 0.539. The molecule has 1 unspecified atom stereocenters. The zero-order valence-electron chi connectivity index (χ0n) is 13.0. The maximum atomic E-state index is 13.8. The van der Waals surface area contributed by atoms with Crippen molar-refractivity contribution in [1.82, 2.24) is 4.98 Å². The van der Waals surface area contributed by atoms with Crippen LogP contribution in [0.25, 0.3) is 10.9 Å². The van der Waals surface area contributed by atoms with E-state index in [1.54, 1.807) is 0 Å². The van der Waals surface area contributed by atoms with Gasteiger partial charge in [0.25, 0.3) is 0 Å². The van der Waals surface area contributed by atoms with Gasteiger partial charge in [-0.15, -0.1) is 0 Å². The summed E-state index contributed by atoms with van der Waals surface area (Å²) in [5.74, 6) is -0.889. The number of ketones is 1. The number of rotatable bonds is 6. The Bertz CT molecular complexity index is 860. The molecule has 24 heavy (non-hydrogen) atoms. The Balaban J connectivity index is 1.99. The minimum atomic E-state index is -1.59. The van der Waals surface area contributed by atoms with Crippen molar-refractivity contribution in [2.45, 2.75) is 12.9 Å². The molecule has 0 aliphatic carbocycles. The average Bonchev–Trinajstić information content (AvgIpc) is 3.02. The van der Waals surface area contributed by atoms with Crippen LogP contribution in [0.15, 0.2) is 48.7 Å². The van der Waals surface area contributed by atoms with Crippen molar-refractivity contribution in [1.29, 1.82) is 0 Å². The van der Waals surface area contributed by atoms with Crippen LogP contribution in [0.3, 0.4) is 0 Å². The van der Waals surface area contributed by atoms with Crippen molar-refractivity contribution in [3.63, 3.8) is 0 Å². The molecule has 6 heteroatoms. The van der Waals surface area contributed by atoms with Crippen LogP contribution in [-0.2, 0) is 11.3 Å². The van der Waals surface area contributed by atoms with Gasteiger partial charge in [-0.3, -0.25) is 4.79 Å². The van der Waals surface area contributed by atoms with E-state index in [0.29, 0.717) is 10.9 Å². The number of aromatic nitrogens is 1. The number of carbonyl (C=O) groups excluding carboxylic acids is 1. The molecular formula is C18H16FNO4.